The van der Waals surface area contributed by atoms with Crippen molar-refractivity contribution >= 4 is 32.9 Å². The van der Waals surface area contributed by atoms with Crippen LogP contribution in [-0.2, 0) is 4.74 Å². The van der Waals surface area contributed by atoms with Crippen LogP contribution in [-0.4, -0.2) is 29.8 Å². The van der Waals surface area contributed by atoms with E-state index in [-0.39, 0.29) is 0 Å². The highest BCUT2D eigenvalue weighted by Crippen LogP contribution is 2.26. The minimum atomic E-state index is -0.501. The first-order valence-corrected chi connectivity index (χ1v) is 7.78. The number of aromatic nitrogens is 1. The molecule has 22 heavy (non-hydrogen) atoms. The number of benzene rings is 1. The predicted octanol–water partition coefficient (Wildman–Crippen LogP) is 3.90. The summed E-state index contributed by atoms with van der Waals surface area (Å²) in [6.07, 6.45) is 1.26. The van der Waals surface area contributed by atoms with Crippen molar-refractivity contribution in [3.8, 4) is 5.75 Å². The molecule has 6 heteroatoms. The summed E-state index contributed by atoms with van der Waals surface area (Å²) in [5, 5.41) is 3.58. The monoisotopic (exact) mass is 366 g/mol. The summed E-state index contributed by atoms with van der Waals surface area (Å²) in [5.74, 6) is 0.734. The van der Waals surface area contributed by atoms with Crippen LogP contribution in [0.4, 0.5) is 4.79 Å². The molecule has 2 aromatic rings. The van der Waals surface area contributed by atoms with E-state index < -0.39 is 11.7 Å². The normalized spacial score (nSPS) is 11.3. The van der Waals surface area contributed by atoms with Crippen LogP contribution in [0.15, 0.2) is 34.9 Å². The number of rotatable bonds is 4. The van der Waals surface area contributed by atoms with Crippen molar-refractivity contribution < 1.29 is 14.3 Å². The Hall–Kier alpha value is -1.82. The maximum Gasteiger partial charge on any atom is 0.407 e. The molecule has 1 aromatic carbocycles. The number of carbonyl (C=O) groups excluding carboxylic acids is 1. The molecule has 0 spiro atoms. The van der Waals surface area contributed by atoms with E-state index in [1.165, 1.54) is 0 Å². The van der Waals surface area contributed by atoms with Gasteiger partial charge in [-0.15, -0.1) is 0 Å². The van der Waals surface area contributed by atoms with Gasteiger partial charge in [-0.3, -0.25) is 4.98 Å². The molecule has 0 radical (unpaired) electrons. The molecule has 1 aromatic heterocycles. The zero-order valence-corrected chi connectivity index (χ0v) is 14.4. The number of hydrogen-bond acceptors (Lipinski definition) is 4. The van der Waals surface area contributed by atoms with Crippen LogP contribution >= 0.6 is 15.9 Å². The molecule has 0 bridgehead atoms. The van der Waals surface area contributed by atoms with Gasteiger partial charge in [0.1, 0.15) is 18.0 Å². The van der Waals surface area contributed by atoms with Gasteiger partial charge in [0.25, 0.3) is 0 Å². The summed E-state index contributed by atoms with van der Waals surface area (Å²) >= 11 is 3.44. The lowest BCUT2D eigenvalue weighted by Gasteiger charge is -2.19. The second-order valence-corrected chi connectivity index (χ2v) is 6.66. The zero-order chi connectivity index (χ0) is 16.2. The Morgan fingerprint density at radius 2 is 2.09 bits per heavy atom. The maximum atomic E-state index is 11.5. The van der Waals surface area contributed by atoms with Crippen LogP contribution in [0.3, 0.4) is 0 Å². The van der Waals surface area contributed by atoms with Crippen molar-refractivity contribution in [3.05, 3.63) is 34.9 Å². The Balaban J connectivity index is 1.90. The highest BCUT2D eigenvalue weighted by molar-refractivity contribution is 9.10. The van der Waals surface area contributed by atoms with Gasteiger partial charge in [0.05, 0.1) is 12.1 Å². The van der Waals surface area contributed by atoms with Gasteiger partial charge in [0, 0.05) is 16.1 Å². The number of nitrogens with one attached hydrogen (secondary N) is 1. The van der Waals surface area contributed by atoms with Gasteiger partial charge in [0.2, 0.25) is 0 Å². The molecular weight excluding hydrogens is 348 g/mol. The molecule has 0 saturated heterocycles. The molecule has 1 heterocycles. The summed E-state index contributed by atoms with van der Waals surface area (Å²) in [5.41, 5.74) is 0.360. The molecule has 0 atom stereocenters. The molecule has 1 N–H and O–H groups in total. The molecule has 118 valence electrons. The summed E-state index contributed by atoms with van der Waals surface area (Å²) < 4.78 is 11.8. The average molecular weight is 367 g/mol. The predicted molar refractivity (Wildman–Crippen MR) is 89.2 cm³/mol. The number of nitrogens with zero attached hydrogens (tertiary/aromatic N) is 1. The molecule has 0 aliphatic carbocycles. The van der Waals surface area contributed by atoms with Gasteiger partial charge in [-0.2, -0.15) is 0 Å². The minimum absolute atomic E-state index is 0.352. The Kier molecular flexibility index (Phi) is 5.24. The largest absolute Gasteiger partial charge is 0.491 e. The Labute approximate surface area is 138 Å². The standard InChI is InChI=1S/C16H19BrN2O3/c1-16(2,3)22-15(20)19-8-9-21-14-6-7-18-13-5-4-11(17)10-12(13)14/h4-7,10H,8-9H2,1-3H3,(H,19,20). The van der Waals surface area contributed by atoms with Gasteiger partial charge >= 0.3 is 6.09 Å². The van der Waals surface area contributed by atoms with E-state index in [1.54, 1.807) is 6.20 Å². The Bertz CT molecular complexity index is 668. The number of fused-ring (bicyclic) bond motifs is 1. The van der Waals surface area contributed by atoms with Crippen molar-refractivity contribution in [3.63, 3.8) is 0 Å². The molecule has 1 amide bonds. The molecule has 0 aliphatic rings. The number of alkyl carbamates (subject to hydrolysis) is 1. The van der Waals surface area contributed by atoms with Crippen LogP contribution in [0, 0.1) is 0 Å². The lowest BCUT2D eigenvalue weighted by Crippen LogP contribution is -2.34. The lowest BCUT2D eigenvalue weighted by molar-refractivity contribution is 0.0520. The van der Waals surface area contributed by atoms with Gasteiger partial charge in [0.15, 0.2) is 0 Å². The quantitative estimate of drug-likeness (QED) is 0.833. The molecule has 0 aliphatic heterocycles. The van der Waals surface area contributed by atoms with Crippen LogP contribution < -0.4 is 10.1 Å². The SMILES string of the molecule is CC(C)(C)OC(=O)NCCOc1ccnc2ccc(Br)cc12. The third kappa shape index (κ3) is 4.87. The van der Waals surface area contributed by atoms with Crippen molar-refractivity contribution in [2.24, 2.45) is 0 Å². The van der Waals surface area contributed by atoms with E-state index in [9.17, 15) is 4.79 Å². The minimum Gasteiger partial charge on any atom is -0.491 e. The lowest BCUT2D eigenvalue weighted by atomic mass is 10.2. The van der Waals surface area contributed by atoms with Crippen molar-refractivity contribution in [2.45, 2.75) is 26.4 Å². The summed E-state index contributed by atoms with van der Waals surface area (Å²) in [7, 11) is 0. The first-order valence-electron chi connectivity index (χ1n) is 6.99. The van der Waals surface area contributed by atoms with E-state index in [0.29, 0.717) is 13.2 Å². The highest BCUT2D eigenvalue weighted by Gasteiger charge is 2.15. The van der Waals surface area contributed by atoms with E-state index in [4.69, 9.17) is 9.47 Å². The molecule has 0 unspecified atom stereocenters. The average Bonchev–Trinajstić information content (AvgIpc) is 2.42. The topological polar surface area (TPSA) is 60.5 Å². The molecule has 0 saturated carbocycles. The van der Waals surface area contributed by atoms with Gasteiger partial charge in [-0.05, 0) is 45.0 Å². The van der Waals surface area contributed by atoms with Gasteiger partial charge in [-0.1, -0.05) is 15.9 Å². The van der Waals surface area contributed by atoms with Crippen molar-refractivity contribution in [1.82, 2.24) is 10.3 Å². The second-order valence-electron chi connectivity index (χ2n) is 5.75. The molecule has 5 nitrogen and oxygen atoms in total. The number of carbonyl (C=O) groups is 1. The number of halogens is 1. The molecule has 2 rings (SSSR count). The fourth-order valence-corrected chi connectivity index (χ4v) is 2.21. The molecule has 0 fully saturated rings. The van der Waals surface area contributed by atoms with Gasteiger partial charge in [-0.25, -0.2) is 4.79 Å². The number of hydrogen-bond donors (Lipinski definition) is 1. The Morgan fingerprint density at radius 3 is 2.82 bits per heavy atom. The first-order chi connectivity index (χ1) is 10.3. The summed E-state index contributed by atoms with van der Waals surface area (Å²) in [4.78, 5) is 15.8. The fraction of sp³-hybridized carbons (Fsp3) is 0.375. The van der Waals surface area contributed by atoms with Crippen LogP contribution in [0.5, 0.6) is 5.75 Å². The van der Waals surface area contributed by atoms with E-state index in [0.717, 1.165) is 21.1 Å². The van der Waals surface area contributed by atoms with Crippen LogP contribution in [0.25, 0.3) is 10.9 Å². The number of ether oxygens (including phenoxy) is 2. The van der Waals surface area contributed by atoms with E-state index in [2.05, 4.69) is 26.2 Å². The van der Waals surface area contributed by atoms with Crippen molar-refractivity contribution in [2.75, 3.05) is 13.2 Å². The number of pyridine rings is 1. The Morgan fingerprint density at radius 1 is 1.32 bits per heavy atom. The highest BCUT2D eigenvalue weighted by atomic mass is 79.9. The summed E-state index contributed by atoms with van der Waals surface area (Å²) in [6, 6.07) is 7.62. The smallest absolute Gasteiger partial charge is 0.407 e. The third-order valence-corrected chi connectivity index (χ3v) is 3.18. The van der Waals surface area contributed by atoms with Gasteiger partial charge < -0.3 is 14.8 Å². The second kappa shape index (κ2) is 6.96. The maximum absolute atomic E-state index is 11.5. The molecular formula is C16H19BrN2O3. The first kappa shape index (κ1) is 16.5. The van der Waals surface area contributed by atoms with Crippen LogP contribution in [0.2, 0.25) is 0 Å². The zero-order valence-electron chi connectivity index (χ0n) is 12.9. The van der Waals surface area contributed by atoms with E-state index in [1.807, 2.05) is 45.0 Å². The summed E-state index contributed by atoms with van der Waals surface area (Å²) in [6.45, 7) is 6.19. The van der Waals surface area contributed by atoms with Crippen LogP contribution in [0.1, 0.15) is 20.8 Å². The van der Waals surface area contributed by atoms with E-state index >= 15 is 0 Å². The number of amides is 1. The third-order valence-electron chi connectivity index (χ3n) is 2.69. The van der Waals surface area contributed by atoms with Crippen molar-refractivity contribution in [1.29, 1.82) is 0 Å². The fourth-order valence-electron chi connectivity index (χ4n) is 1.85.